The van der Waals surface area contributed by atoms with Gasteiger partial charge in [0.1, 0.15) is 11.5 Å². The fourth-order valence-electron chi connectivity index (χ4n) is 2.67. The molecule has 27 heavy (non-hydrogen) atoms. The molecule has 1 aliphatic heterocycles. The molecule has 0 atom stereocenters. The molecule has 4 nitrogen and oxygen atoms in total. The molecule has 0 spiro atoms. The van der Waals surface area contributed by atoms with E-state index in [1.807, 2.05) is 18.4 Å². The van der Waals surface area contributed by atoms with Crippen LogP contribution in [-0.4, -0.2) is 11.8 Å². The van der Waals surface area contributed by atoms with E-state index in [1.54, 1.807) is 42.5 Å². The van der Waals surface area contributed by atoms with Crippen molar-refractivity contribution >= 4 is 40.8 Å². The molecule has 1 aliphatic rings. The fourth-order valence-corrected chi connectivity index (χ4v) is 3.73. The lowest BCUT2D eigenvalue weighted by atomic mass is 10.1. The molecule has 0 saturated heterocycles. The summed E-state index contributed by atoms with van der Waals surface area (Å²) in [4.78, 5) is 25.8. The van der Waals surface area contributed by atoms with Crippen LogP contribution >= 0.6 is 22.9 Å². The van der Waals surface area contributed by atoms with E-state index in [9.17, 15) is 9.59 Å². The van der Waals surface area contributed by atoms with Gasteiger partial charge in [-0.25, -0.2) is 4.79 Å². The molecule has 1 aromatic heterocycles. The second-order valence-corrected chi connectivity index (χ2v) is 7.29. The predicted octanol–water partition coefficient (Wildman–Crippen LogP) is 5.55. The lowest BCUT2D eigenvalue weighted by Crippen LogP contribution is -2.09. The zero-order valence-electron chi connectivity index (χ0n) is 14.2. The van der Waals surface area contributed by atoms with Gasteiger partial charge in [-0.15, -0.1) is 11.3 Å². The van der Waals surface area contributed by atoms with E-state index in [4.69, 9.17) is 21.1 Å². The number of ketones is 1. The SMILES string of the molecule is Cc1ccsc1/C=C1\Oc2cc(OC(=O)c3ccccc3Cl)ccc2C1=O. The molecule has 2 heterocycles. The Labute approximate surface area is 164 Å². The first-order chi connectivity index (χ1) is 13.0. The van der Waals surface area contributed by atoms with Crippen molar-refractivity contribution < 1.29 is 19.1 Å². The number of carbonyl (C=O) groups is 2. The van der Waals surface area contributed by atoms with Crippen molar-refractivity contribution in [2.45, 2.75) is 6.92 Å². The van der Waals surface area contributed by atoms with Gasteiger partial charge in [0, 0.05) is 17.0 Å². The molecule has 4 rings (SSSR count). The number of aryl methyl sites for hydroxylation is 1. The highest BCUT2D eigenvalue weighted by atomic mass is 35.5. The lowest BCUT2D eigenvalue weighted by molar-refractivity contribution is 0.0734. The average molecular weight is 397 g/mol. The van der Waals surface area contributed by atoms with Gasteiger partial charge in [0.05, 0.1) is 16.1 Å². The van der Waals surface area contributed by atoms with E-state index in [0.29, 0.717) is 16.3 Å². The number of halogens is 1. The maximum absolute atomic E-state index is 12.5. The van der Waals surface area contributed by atoms with Crippen molar-refractivity contribution in [1.82, 2.24) is 0 Å². The Morgan fingerprint density at radius 2 is 2.00 bits per heavy atom. The van der Waals surface area contributed by atoms with Crippen LogP contribution in [-0.2, 0) is 0 Å². The second-order valence-electron chi connectivity index (χ2n) is 5.93. The van der Waals surface area contributed by atoms with Crippen LogP contribution in [0.4, 0.5) is 0 Å². The van der Waals surface area contributed by atoms with E-state index in [1.165, 1.54) is 17.4 Å². The topological polar surface area (TPSA) is 52.6 Å². The molecule has 0 fully saturated rings. The van der Waals surface area contributed by atoms with Crippen molar-refractivity contribution in [1.29, 1.82) is 0 Å². The van der Waals surface area contributed by atoms with Gasteiger partial charge in [-0.3, -0.25) is 4.79 Å². The molecular weight excluding hydrogens is 384 g/mol. The molecule has 0 bridgehead atoms. The Morgan fingerprint density at radius 1 is 1.19 bits per heavy atom. The van der Waals surface area contributed by atoms with Gasteiger partial charge < -0.3 is 9.47 Å². The summed E-state index contributed by atoms with van der Waals surface area (Å²) in [5.74, 6) is 0.131. The number of rotatable bonds is 3. The Morgan fingerprint density at radius 3 is 2.74 bits per heavy atom. The molecule has 134 valence electrons. The van der Waals surface area contributed by atoms with Gasteiger partial charge in [-0.1, -0.05) is 23.7 Å². The van der Waals surface area contributed by atoms with Crippen LogP contribution < -0.4 is 9.47 Å². The lowest BCUT2D eigenvalue weighted by Gasteiger charge is -2.06. The van der Waals surface area contributed by atoms with Gasteiger partial charge in [0.2, 0.25) is 5.78 Å². The van der Waals surface area contributed by atoms with Gasteiger partial charge in [-0.05, 0) is 48.2 Å². The average Bonchev–Trinajstić information content (AvgIpc) is 3.19. The summed E-state index contributed by atoms with van der Waals surface area (Å²) in [6.45, 7) is 1.97. The summed E-state index contributed by atoms with van der Waals surface area (Å²) in [7, 11) is 0. The summed E-state index contributed by atoms with van der Waals surface area (Å²) in [5.41, 5.74) is 1.78. The van der Waals surface area contributed by atoms with Crippen LogP contribution in [0.25, 0.3) is 6.08 Å². The Hall–Kier alpha value is -2.89. The zero-order chi connectivity index (χ0) is 19.0. The molecule has 0 radical (unpaired) electrons. The zero-order valence-corrected chi connectivity index (χ0v) is 15.8. The molecule has 2 aromatic carbocycles. The number of benzene rings is 2. The number of allylic oxidation sites excluding steroid dienone is 1. The van der Waals surface area contributed by atoms with Gasteiger partial charge in [0.15, 0.2) is 5.76 Å². The number of esters is 1. The molecule has 0 N–H and O–H groups in total. The second kappa shape index (κ2) is 7.02. The van der Waals surface area contributed by atoms with E-state index >= 15 is 0 Å². The van der Waals surface area contributed by atoms with E-state index < -0.39 is 5.97 Å². The van der Waals surface area contributed by atoms with Crippen molar-refractivity contribution in [3.63, 3.8) is 0 Å². The molecule has 6 heteroatoms. The molecule has 0 unspecified atom stereocenters. The Balaban J connectivity index is 1.58. The highest BCUT2D eigenvalue weighted by Crippen LogP contribution is 2.36. The molecular formula is C21H13ClO4S. The number of hydrogen-bond acceptors (Lipinski definition) is 5. The van der Waals surface area contributed by atoms with Crippen LogP contribution in [0.3, 0.4) is 0 Å². The van der Waals surface area contributed by atoms with Crippen LogP contribution in [0.15, 0.2) is 59.7 Å². The minimum Gasteiger partial charge on any atom is -0.452 e. The summed E-state index contributed by atoms with van der Waals surface area (Å²) in [6, 6.07) is 13.3. The number of thiophene rings is 1. The van der Waals surface area contributed by atoms with Crippen molar-refractivity contribution in [3.8, 4) is 11.5 Å². The molecule has 0 amide bonds. The molecule has 0 saturated carbocycles. The standard InChI is InChI=1S/C21H13ClO4S/c1-12-8-9-27-19(12)11-18-20(23)15-7-6-13(10-17(15)26-18)25-21(24)14-4-2-3-5-16(14)22/h2-11H,1H3/b18-11-. The smallest absolute Gasteiger partial charge is 0.345 e. The number of Topliss-reactive ketones (excluding diaryl/α,β-unsaturated/α-hetero) is 1. The monoisotopic (exact) mass is 396 g/mol. The third kappa shape index (κ3) is 3.39. The van der Waals surface area contributed by atoms with Crippen LogP contribution in [0.5, 0.6) is 11.5 Å². The normalized spacial score (nSPS) is 14.1. The first-order valence-electron chi connectivity index (χ1n) is 8.12. The predicted molar refractivity (Wildman–Crippen MR) is 105 cm³/mol. The number of carbonyl (C=O) groups excluding carboxylic acids is 2. The minimum absolute atomic E-state index is 0.193. The summed E-state index contributed by atoms with van der Waals surface area (Å²) in [5, 5.41) is 2.27. The highest BCUT2D eigenvalue weighted by molar-refractivity contribution is 7.11. The maximum Gasteiger partial charge on any atom is 0.345 e. The largest absolute Gasteiger partial charge is 0.452 e. The minimum atomic E-state index is -0.574. The van der Waals surface area contributed by atoms with Gasteiger partial charge >= 0.3 is 5.97 Å². The van der Waals surface area contributed by atoms with E-state index in [-0.39, 0.29) is 22.9 Å². The summed E-state index contributed by atoms with van der Waals surface area (Å²) >= 11 is 7.56. The first-order valence-corrected chi connectivity index (χ1v) is 9.38. The van der Waals surface area contributed by atoms with Crippen molar-refractivity contribution in [2.75, 3.05) is 0 Å². The first kappa shape index (κ1) is 17.5. The third-order valence-electron chi connectivity index (χ3n) is 4.11. The Kier molecular flexibility index (Phi) is 4.56. The quantitative estimate of drug-likeness (QED) is 0.331. The maximum atomic E-state index is 12.5. The highest BCUT2D eigenvalue weighted by Gasteiger charge is 2.28. The number of hydrogen-bond donors (Lipinski definition) is 0. The van der Waals surface area contributed by atoms with Gasteiger partial charge in [-0.2, -0.15) is 0 Å². The molecule has 0 aliphatic carbocycles. The summed E-state index contributed by atoms with van der Waals surface area (Å²) in [6.07, 6.45) is 1.73. The number of ether oxygens (including phenoxy) is 2. The van der Waals surface area contributed by atoms with E-state index in [0.717, 1.165) is 10.4 Å². The van der Waals surface area contributed by atoms with E-state index in [2.05, 4.69) is 0 Å². The Bertz CT molecular complexity index is 1100. The van der Waals surface area contributed by atoms with Crippen LogP contribution in [0, 0.1) is 6.92 Å². The fraction of sp³-hybridized carbons (Fsp3) is 0.0476. The van der Waals surface area contributed by atoms with Crippen LogP contribution in [0.1, 0.15) is 31.2 Å². The third-order valence-corrected chi connectivity index (χ3v) is 5.41. The number of fused-ring (bicyclic) bond motifs is 1. The molecule has 3 aromatic rings. The van der Waals surface area contributed by atoms with Crippen molar-refractivity contribution in [3.05, 3.63) is 86.3 Å². The van der Waals surface area contributed by atoms with Crippen molar-refractivity contribution in [2.24, 2.45) is 0 Å². The van der Waals surface area contributed by atoms with Gasteiger partial charge in [0.25, 0.3) is 0 Å². The summed E-state index contributed by atoms with van der Waals surface area (Å²) < 4.78 is 11.1. The van der Waals surface area contributed by atoms with Crippen LogP contribution in [0.2, 0.25) is 5.02 Å².